The van der Waals surface area contributed by atoms with Gasteiger partial charge >= 0.3 is 12.0 Å². The minimum absolute atomic E-state index is 0.157. The number of aliphatic carboxylic acids is 1. The summed E-state index contributed by atoms with van der Waals surface area (Å²) < 4.78 is 0. The van der Waals surface area contributed by atoms with Crippen LogP contribution >= 0.6 is 11.8 Å². The van der Waals surface area contributed by atoms with E-state index in [9.17, 15) is 9.59 Å². The number of carboxylic acids is 1. The standard InChI is InChI=1S/C15H28N2O3S/c1-4-10-21-11-9-17-15(20)16-8-7-13(12(2)3)5-6-14(18)19/h4,12-13H,1,5-11H2,2-3H3,(H,18,19)(H2,16,17,20). The first-order valence-electron chi connectivity index (χ1n) is 7.39. The molecule has 0 aromatic heterocycles. The number of carbonyl (C=O) groups is 2. The summed E-state index contributed by atoms with van der Waals surface area (Å²) in [6.45, 7) is 9.02. The summed E-state index contributed by atoms with van der Waals surface area (Å²) in [6.07, 6.45) is 3.50. The average Bonchev–Trinajstić information content (AvgIpc) is 2.41. The number of nitrogens with one attached hydrogen (secondary N) is 2. The number of carbonyl (C=O) groups excluding carboxylic acids is 1. The van der Waals surface area contributed by atoms with E-state index >= 15 is 0 Å². The molecule has 2 amide bonds. The Morgan fingerprint density at radius 2 is 1.90 bits per heavy atom. The van der Waals surface area contributed by atoms with Crippen LogP contribution in [0.4, 0.5) is 4.79 Å². The topological polar surface area (TPSA) is 78.4 Å². The van der Waals surface area contributed by atoms with Crippen LogP contribution in [-0.2, 0) is 4.79 Å². The van der Waals surface area contributed by atoms with Crippen molar-refractivity contribution >= 4 is 23.8 Å². The predicted octanol–water partition coefficient (Wildman–Crippen LogP) is 2.73. The molecule has 6 heteroatoms. The van der Waals surface area contributed by atoms with Gasteiger partial charge in [0.1, 0.15) is 0 Å². The molecule has 0 fully saturated rings. The van der Waals surface area contributed by atoms with Gasteiger partial charge in [0.15, 0.2) is 0 Å². The van der Waals surface area contributed by atoms with E-state index in [0.29, 0.717) is 31.3 Å². The summed E-state index contributed by atoms with van der Waals surface area (Å²) in [5, 5.41) is 14.3. The first kappa shape index (κ1) is 19.8. The smallest absolute Gasteiger partial charge is 0.314 e. The third-order valence-electron chi connectivity index (χ3n) is 3.24. The van der Waals surface area contributed by atoms with E-state index in [-0.39, 0.29) is 12.5 Å². The molecule has 0 heterocycles. The molecule has 5 nitrogen and oxygen atoms in total. The second-order valence-electron chi connectivity index (χ2n) is 5.27. The van der Waals surface area contributed by atoms with Crippen molar-refractivity contribution in [1.29, 1.82) is 0 Å². The second kappa shape index (κ2) is 12.6. The molecule has 1 unspecified atom stereocenters. The Morgan fingerprint density at radius 1 is 1.24 bits per heavy atom. The molecule has 0 aromatic rings. The largest absolute Gasteiger partial charge is 0.481 e. The number of carboxylic acid groups (broad SMARTS) is 1. The lowest BCUT2D eigenvalue weighted by Gasteiger charge is -2.20. The Balaban J connectivity index is 3.74. The van der Waals surface area contributed by atoms with Gasteiger partial charge in [-0.1, -0.05) is 19.9 Å². The summed E-state index contributed by atoms with van der Waals surface area (Å²) in [4.78, 5) is 22.2. The van der Waals surface area contributed by atoms with E-state index in [2.05, 4.69) is 31.1 Å². The van der Waals surface area contributed by atoms with Gasteiger partial charge in [-0.15, -0.1) is 6.58 Å². The lowest BCUT2D eigenvalue weighted by molar-refractivity contribution is -0.137. The number of amides is 2. The van der Waals surface area contributed by atoms with E-state index in [1.165, 1.54) is 0 Å². The SMILES string of the molecule is C=CCSCCNC(=O)NCCC(CCC(=O)O)C(C)C. The van der Waals surface area contributed by atoms with Crippen molar-refractivity contribution in [2.24, 2.45) is 11.8 Å². The van der Waals surface area contributed by atoms with Crippen molar-refractivity contribution in [1.82, 2.24) is 10.6 Å². The van der Waals surface area contributed by atoms with E-state index in [4.69, 9.17) is 5.11 Å². The molecule has 122 valence electrons. The molecule has 0 saturated carbocycles. The van der Waals surface area contributed by atoms with Gasteiger partial charge < -0.3 is 15.7 Å². The lowest BCUT2D eigenvalue weighted by atomic mass is 9.88. The molecule has 3 N–H and O–H groups in total. The number of urea groups is 1. The van der Waals surface area contributed by atoms with E-state index in [1.807, 2.05) is 6.08 Å². The Labute approximate surface area is 131 Å². The van der Waals surface area contributed by atoms with Crippen molar-refractivity contribution in [3.63, 3.8) is 0 Å². The maximum atomic E-state index is 11.5. The van der Waals surface area contributed by atoms with Crippen LogP contribution in [0.5, 0.6) is 0 Å². The van der Waals surface area contributed by atoms with Crippen molar-refractivity contribution in [3.05, 3.63) is 12.7 Å². The molecule has 0 spiro atoms. The van der Waals surface area contributed by atoms with Crippen LogP contribution in [0.3, 0.4) is 0 Å². The normalized spacial score (nSPS) is 12.0. The second-order valence-corrected chi connectivity index (χ2v) is 6.42. The number of thioether (sulfide) groups is 1. The van der Waals surface area contributed by atoms with Gasteiger partial charge in [0.25, 0.3) is 0 Å². The fourth-order valence-corrected chi connectivity index (χ4v) is 2.54. The van der Waals surface area contributed by atoms with Crippen molar-refractivity contribution in [3.8, 4) is 0 Å². The van der Waals surface area contributed by atoms with E-state index in [1.54, 1.807) is 11.8 Å². The lowest BCUT2D eigenvalue weighted by Crippen LogP contribution is -2.37. The van der Waals surface area contributed by atoms with E-state index < -0.39 is 5.97 Å². The highest BCUT2D eigenvalue weighted by molar-refractivity contribution is 7.99. The highest BCUT2D eigenvalue weighted by atomic mass is 32.2. The summed E-state index contributed by atoms with van der Waals surface area (Å²) in [5.74, 6) is 1.74. The van der Waals surface area contributed by atoms with E-state index in [0.717, 1.165) is 17.9 Å². The zero-order valence-electron chi connectivity index (χ0n) is 13.1. The van der Waals surface area contributed by atoms with Crippen LogP contribution in [-0.4, -0.2) is 41.7 Å². The Kier molecular flexibility index (Phi) is 11.9. The molecule has 0 saturated heterocycles. The average molecular weight is 316 g/mol. The highest BCUT2D eigenvalue weighted by Gasteiger charge is 2.15. The Hall–Kier alpha value is -1.17. The minimum atomic E-state index is -0.761. The van der Waals surface area contributed by atoms with Gasteiger partial charge in [0, 0.05) is 31.0 Å². The van der Waals surface area contributed by atoms with Gasteiger partial charge in [-0.2, -0.15) is 11.8 Å². The summed E-state index contributed by atoms with van der Waals surface area (Å²) in [5.41, 5.74) is 0. The maximum absolute atomic E-state index is 11.5. The molecule has 0 rings (SSSR count). The van der Waals surface area contributed by atoms with Crippen LogP contribution in [0.1, 0.15) is 33.1 Å². The summed E-state index contributed by atoms with van der Waals surface area (Å²) in [7, 11) is 0. The number of rotatable bonds is 12. The van der Waals surface area contributed by atoms with Crippen molar-refractivity contribution < 1.29 is 14.7 Å². The first-order chi connectivity index (χ1) is 9.97. The van der Waals surface area contributed by atoms with Gasteiger partial charge in [-0.3, -0.25) is 4.79 Å². The molecule has 21 heavy (non-hydrogen) atoms. The molecule has 0 aliphatic heterocycles. The third kappa shape index (κ3) is 12.3. The molecule has 0 radical (unpaired) electrons. The van der Waals surface area contributed by atoms with Crippen LogP contribution in [0.15, 0.2) is 12.7 Å². The predicted molar refractivity (Wildman–Crippen MR) is 88.7 cm³/mol. The van der Waals surface area contributed by atoms with Crippen LogP contribution < -0.4 is 10.6 Å². The molecule has 1 atom stereocenters. The molecule has 0 aliphatic rings. The van der Waals surface area contributed by atoms with Crippen LogP contribution in [0, 0.1) is 11.8 Å². The maximum Gasteiger partial charge on any atom is 0.314 e. The highest BCUT2D eigenvalue weighted by Crippen LogP contribution is 2.20. The molecular formula is C15H28N2O3S. The van der Waals surface area contributed by atoms with Crippen molar-refractivity contribution in [2.75, 3.05) is 24.6 Å². The van der Waals surface area contributed by atoms with Crippen LogP contribution in [0.2, 0.25) is 0 Å². The first-order valence-corrected chi connectivity index (χ1v) is 8.55. The molecule has 0 aromatic carbocycles. The fourth-order valence-electron chi connectivity index (χ4n) is 1.96. The van der Waals surface area contributed by atoms with Gasteiger partial charge in [0.2, 0.25) is 0 Å². The Bertz CT molecular complexity index is 322. The van der Waals surface area contributed by atoms with Crippen LogP contribution in [0.25, 0.3) is 0 Å². The fraction of sp³-hybridized carbons (Fsp3) is 0.733. The van der Waals surface area contributed by atoms with Gasteiger partial charge in [-0.25, -0.2) is 4.79 Å². The minimum Gasteiger partial charge on any atom is -0.481 e. The summed E-state index contributed by atoms with van der Waals surface area (Å²) in [6, 6.07) is -0.157. The van der Waals surface area contributed by atoms with Gasteiger partial charge in [0.05, 0.1) is 0 Å². The van der Waals surface area contributed by atoms with Gasteiger partial charge in [-0.05, 0) is 24.7 Å². The molecule has 0 aliphatic carbocycles. The molecule has 0 bridgehead atoms. The zero-order valence-corrected chi connectivity index (χ0v) is 13.9. The monoisotopic (exact) mass is 316 g/mol. The quantitative estimate of drug-likeness (QED) is 0.382. The number of hydrogen-bond donors (Lipinski definition) is 3. The zero-order chi connectivity index (χ0) is 16.1. The number of hydrogen-bond acceptors (Lipinski definition) is 3. The molecular weight excluding hydrogens is 288 g/mol. The van der Waals surface area contributed by atoms with Crippen molar-refractivity contribution in [2.45, 2.75) is 33.1 Å². The third-order valence-corrected chi connectivity index (χ3v) is 4.20. The summed E-state index contributed by atoms with van der Waals surface area (Å²) >= 11 is 1.72. The Morgan fingerprint density at radius 3 is 2.48 bits per heavy atom.